The van der Waals surface area contributed by atoms with Gasteiger partial charge in [0.1, 0.15) is 0 Å². The van der Waals surface area contributed by atoms with E-state index in [9.17, 15) is 0 Å². The lowest BCUT2D eigenvalue weighted by molar-refractivity contribution is 0.150. The van der Waals surface area contributed by atoms with E-state index in [1.54, 1.807) is 0 Å². The maximum Gasteiger partial charge on any atom is 0.0566 e. The summed E-state index contributed by atoms with van der Waals surface area (Å²) in [6.07, 6.45) is 0.994. The van der Waals surface area contributed by atoms with Crippen LogP contribution in [0.4, 0.5) is 0 Å². The first-order chi connectivity index (χ1) is 4.16. The Morgan fingerprint density at radius 2 is 2.11 bits per heavy atom. The maximum absolute atomic E-state index is 9.06. The molecule has 3 nitrogen and oxygen atoms in total. The number of rotatable bonds is 4. The molecular formula is C6H16N2O. The Morgan fingerprint density at radius 1 is 1.56 bits per heavy atom. The molecule has 0 aliphatic carbocycles. The molecule has 2 atom stereocenters. The minimum absolute atomic E-state index is 0.0755. The molecule has 56 valence electrons. The molecule has 5 N–H and O–H groups in total. The van der Waals surface area contributed by atoms with Gasteiger partial charge < -0.3 is 16.6 Å². The Labute approximate surface area is 56.0 Å². The van der Waals surface area contributed by atoms with E-state index in [2.05, 4.69) is 0 Å². The SMILES string of the molecule is C[C@@H](N)CC(O)CCN. The van der Waals surface area contributed by atoms with E-state index in [4.69, 9.17) is 16.6 Å². The molecule has 0 aromatic carbocycles. The van der Waals surface area contributed by atoms with Gasteiger partial charge in [-0.2, -0.15) is 0 Å². The summed E-state index contributed by atoms with van der Waals surface area (Å²) < 4.78 is 0. The van der Waals surface area contributed by atoms with E-state index in [1.165, 1.54) is 0 Å². The predicted molar refractivity (Wildman–Crippen MR) is 37.9 cm³/mol. The molecule has 0 radical (unpaired) electrons. The average Bonchev–Trinajstić information content (AvgIpc) is 1.63. The second-order valence-corrected chi connectivity index (χ2v) is 2.44. The monoisotopic (exact) mass is 132 g/mol. The van der Waals surface area contributed by atoms with Crippen molar-refractivity contribution in [3.63, 3.8) is 0 Å². The van der Waals surface area contributed by atoms with Gasteiger partial charge >= 0.3 is 0 Å². The Bertz CT molecular complexity index is 66.1. The second-order valence-electron chi connectivity index (χ2n) is 2.44. The number of hydrogen-bond acceptors (Lipinski definition) is 3. The molecule has 0 aromatic heterocycles. The fraction of sp³-hybridized carbons (Fsp3) is 1.00. The fourth-order valence-corrected chi connectivity index (χ4v) is 0.739. The van der Waals surface area contributed by atoms with Crippen molar-refractivity contribution in [3.8, 4) is 0 Å². The minimum atomic E-state index is -0.310. The summed E-state index contributed by atoms with van der Waals surface area (Å²) in [6, 6.07) is 0.0755. The van der Waals surface area contributed by atoms with Gasteiger partial charge in [-0.05, 0) is 26.3 Å². The lowest BCUT2D eigenvalue weighted by Crippen LogP contribution is -2.24. The van der Waals surface area contributed by atoms with Crippen molar-refractivity contribution in [1.82, 2.24) is 0 Å². The maximum atomic E-state index is 9.06. The largest absolute Gasteiger partial charge is 0.393 e. The van der Waals surface area contributed by atoms with E-state index in [1.807, 2.05) is 6.92 Å². The van der Waals surface area contributed by atoms with Crippen molar-refractivity contribution in [3.05, 3.63) is 0 Å². The number of aliphatic hydroxyl groups is 1. The Kier molecular flexibility index (Phi) is 4.67. The van der Waals surface area contributed by atoms with E-state index >= 15 is 0 Å². The average molecular weight is 132 g/mol. The van der Waals surface area contributed by atoms with Crippen molar-refractivity contribution in [1.29, 1.82) is 0 Å². The quantitative estimate of drug-likeness (QED) is 0.480. The smallest absolute Gasteiger partial charge is 0.0566 e. The summed E-state index contributed by atoms with van der Waals surface area (Å²) in [7, 11) is 0. The first-order valence-corrected chi connectivity index (χ1v) is 3.30. The molecule has 0 aliphatic rings. The van der Waals surface area contributed by atoms with Crippen LogP contribution in [0.1, 0.15) is 19.8 Å². The standard InChI is InChI=1S/C6H16N2O/c1-5(8)4-6(9)2-3-7/h5-6,9H,2-4,7-8H2,1H3/t5-,6?/m1/s1. The van der Waals surface area contributed by atoms with Gasteiger partial charge in [0.05, 0.1) is 6.10 Å². The van der Waals surface area contributed by atoms with Crippen molar-refractivity contribution in [2.24, 2.45) is 11.5 Å². The normalized spacial score (nSPS) is 17.3. The molecule has 0 fully saturated rings. The van der Waals surface area contributed by atoms with Gasteiger partial charge in [0.2, 0.25) is 0 Å². The first kappa shape index (κ1) is 8.88. The molecule has 1 unspecified atom stereocenters. The highest BCUT2D eigenvalue weighted by Crippen LogP contribution is 1.97. The zero-order chi connectivity index (χ0) is 7.28. The molecule has 0 spiro atoms. The second kappa shape index (κ2) is 4.73. The summed E-state index contributed by atoms with van der Waals surface area (Å²) in [5, 5.41) is 9.06. The molecule has 9 heavy (non-hydrogen) atoms. The van der Waals surface area contributed by atoms with E-state index < -0.39 is 0 Å². The highest BCUT2D eigenvalue weighted by molar-refractivity contribution is 4.62. The highest BCUT2D eigenvalue weighted by Gasteiger charge is 2.04. The summed E-state index contributed by atoms with van der Waals surface area (Å²) >= 11 is 0. The summed E-state index contributed by atoms with van der Waals surface area (Å²) in [5.41, 5.74) is 10.6. The van der Waals surface area contributed by atoms with E-state index in [-0.39, 0.29) is 12.1 Å². The van der Waals surface area contributed by atoms with Crippen molar-refractivity contribution in [2.75, 3.05) is 6.54 Å². The van der Waals surface area contributed by atoms with Gasteiger partial charge in [-0.25, -0.2) is 0 Å². The van der Waals surface area contributed by atoms with Crippen LogP contribution in [0.5, 0.6) is 0 Å². The van der Waals surface area contributed by atoms with Crippen molar-refractivity contribution >= 4 is 0 Å². The van der Waals surface area contributed by atoms with Crippen molar-refractivity contribution < 1.29 is 5.11 Å². The molecule has 0 bridgehead atoms. The Balaban J connectivity index is 3.15. The molecule has 0 saturated carbocycles. The minimum Gasteiger partial charge on any atom is -0.393 e. The zero-order valence-electron chi connectivity index (χ0n) is 5.88. The predicted octanol–water partition coefficient (Wildman–Crippen LogP) is -0.567. The van der Waals surface area contributed by atoms with Crippen LogP contribution < -0.4 is 11.5 Å². The van der Waals surface area contributed by atoms with Gasteiger partial charge in [-0.15, -0.1) is 0 Å². The summed E-state index contributed by atoms with van der Waals surface area (Å²) in [5.74, 6) is 0. The first-order valence-electron chi connectivity index (χ1n) is 3.30. The van der Waals surface area contributed by atoms with Gasteiger partial charge in [0.25, 0.3) is 0 Å². The van der Waals surface area contributed by atoms with Crippen LogP contribution in [-0.4, -0.2) is 23.8 Å². The topological polar surface area (TPSA) is 72.3 Å². The Morgan fingerprint density at radius 3 is 2.44 bits per heavy atom. The van der Waals surface area contributed by atoms with Gasteiger partial charge in [-0.1, -0.05) is 0 Å². The molecule has 0 aromatic rings. The molecule has 0 amide bonds. The van der Waals surface area contributed by atoms with Crippen LogP contribution in [0, 0.1) is 0 Å². The number of nitrogens with two attached hydrogens (primary N) is 2. The van der Waals surface area contributed by atoms with Crippen LogP contribution in [0.25, 0.3) is 0 Å². The van der Waals surface area contributed by atoms with Gasteiger partial charge in [-0.3, -0.25) is 0 Å². The molecule has 0 saturated heterocycles. The molecular weight excluding hydrogens is 116 g/mol. The van der Waals surface area contributed by atoms with Gasteiger partial charge in [0.15, 0.2) is 0 Å². The molecule has 0 aliphatic heterocycles. The third-order valence-corrected chi connectivity index (χ3v) is 1.14. The molecule has 0 rings (SSSR count). The van der Waals surface area contributed by atoms with Crippen LogP contribution >= 0.6 is 0 Å². The molecule has 0 heterocycles. The van der Waals surface area contributed by atoms with E-state index in [0.29, 0.717) is 19.4 Å². The van der Waals surface area contributed by atoms with Gasteiger partial charge in [0, 0.05) is 6.04 Å². The third kappa shape index (κ3) is 5.76. The lowest BCUT2D eigenvalue weighted by atomic mass is 10.1. The fourth-order valence-electron chi connectivity index (χ4n) is 0.739. The van der Waals surface area contributed by atoms with E-state index in [0.717, 1.165) is 0 Å². The number of aliphatic hydroxyl groups excluding tert-OH is 1. The Hall–Kier alpha value is -0.120. The van der Waals surface area contributed by atoms with Crippen molar-refractivity contribution in [2.45, 2.75) is 31.9 Å². The lowest BCUT2D eigenvalue weighted by Gasteiger charge is -2.10. The highest BCUT2D eigenvalue weighted by atomic mass is 16.3. The summed E-state index contributed by atoms with van der Waals surface area (Å²) in [4.78, 5) is 0. The van der Waals surface area contributed by atoms with Crippen LogP contribution in [-0.2, 0) is 0 Å². The van der Waals surface area contributed by atoms with Crippen LogP contribution in [0.15, 0.2) is 0 Å². The zero-order valence-corrected chi connectivity index (χ0v) is 5.88. The van der Waals surface area contributed by atoms with Crippen LogP contribution in [0.3, 0.4) is 0 Å². The third-order valence-electron chi connectivity index (χ3n) is 1.14. The summed E-state index contributed by atoms with van der Waals surface area (Å²) in [6.45, 7) is 2.41. The number of hydrogen-bond donors (Lipinski definition) is 3. The molecule has 3 heteroatoms. The van der Waals surface area contributed by atoms with Crippen LogP contribution in [0.2, 0.25) is 0 Å².